The van der Waals surface area contributed by atoms with Gasteiger partial charge in [0.25, 0.3) is 5.91 Å². The number of nitrogens with two attached hydrogens (primary N) is 1. The monoisotopic (exact) mass is 332 g/mol. The molecule has 2 saturated heterocycles. The lowest BCUT2D eigenvalue weighted by atomic mass is 10.0. The SMILES string of the molecule is CO[C@H]1CN(C(=O)c2ccnc(N3CCCC3)c2)C[C@H]1CC(N)=O. The van der Waals surface area contributed by atoms with E-state index >= 15 is 0 Å². The number of carbonyl (C=O) groups excluding carboxylic acids is 2. The first kappa shape index (κ1) is 16.7. The molecule has 130 valence electrons. The summed E-state index contributed by atoms with van der Waals surface area (Å²) in [6, 6.07) is 3.60. The van der Waals surface area contributed by atoms with Gasteiger partial charge in [-0.25, -0.2) is 4.98 Å². The molecule has 0 bridgehead atoms. The molecular formula is C17H24N4O3. The van der Waals surface area contributed by atoms with Crippen LogP contribution in [-0.2, 0) is 9.53 Å². The number of primary amides is 1. The molecule has 7 nitrogen and oxygen atoms in total. The molecule has 2 atom stereocenters. The Morgan fingerprint density at radius 3 is 2.75 bits per heavy atom. The smallest absolute Gasteiger partial charge is 0.254 e. The van der Waals surface area contributed by atoms with Crippen molar-refractivity contribution in [3.05, 3.63) is 23.9 Å². The van der Waals surface area contributed by atoms with E-state index in [9.17, 15) is 9.59 Å². The number of likely N-dealkylation sites (tertiary alicyclic amines) is 1. The lowest BCUT2D eigenvalue weighted by Crippen LogP contribution is -2.30. The van der Waals surface area contributed by atoms with Crippen molar-refractivity contribution in [1.82, 2.24) is 9.88 Å². The third-order valence-electron chi connectivity index (χ3n) is 4.86. The summed E-state index contributed by atoms with van der Waals surface area (Å²) < 4.78 is 5.42. The molecule has 2 amide bonds. The Hall–Kier alpha value is -2.15. The number of methoxy groups -OCH3 is 1. The van der Waals surface area contributed by atoms with Gasteiger partial charge in [0.15, 0.2) is 0 Å². The summed E-state index contributed by atoms with van der Waals surface area (Å²) in [6.07, 6.45) is 4.09. The molecule has 1 aromatic heterocycles. The minimum atomic E-state index is -0.364. The van der Waals surface area contributed by atoms with E-state index in [4.69, 9.17) is 10.5 Å². The van der Waals surface area contributed by atoms with E-state index in [1.807, 2.05) is 6.07 Å². The second kappa shape index (κ2) is 7.17. The fourth-order valence-corrected chi connectivity index (χ4v) is 3.58. The molecule has 2 N–H and O–H groups in total. The summed E-state index contributed by atoms with van der Waals surface area (Å²) in [7, 11) is 1.60. The molecule has 1 aromatic rings. The van der Waals surface area contributed by atoms with Gasteiger partial charge >= 0.3 is 0 Å². The van der Waals surface area contributed by atoms with Crippen LogP contribution in [0.3, 0.4) is 0 Å². The Balaban J connectivity index is 1.72. The number of rotatable bonds is 5. The first-order chi connectivity index (χ1) is 11.6. The van der Waals surface area contributed by atoms with Crippen LogP contribution in [0.5, 0.6) is 0 Å². The van der Waals surface area contributed by atoms with Crippen LogP contribution < -0.4 is 10.6 Å². The predicted octanol–water partition coefficient (Wildman–Crippen LogP) is 0.644. The molecular weight excluding hydrogens is 308 g/mol. The lowest BCUT2D eigenvalue weighted by molar-refractivity contribution is -0.119. The number of ether oxygens (including phenoxy) is 1. The normalized spacial score (nSPS) is 23.7. The molecule has 3 rings (SSSR count). The standard InChI is InChI=1S/C17H24N4O3/c1-24-14-11-21(10-13(14)8-15(18)22)17(23)12-4-5-19-16(9-12)20-6-2-3-7-20/h4-5,9,13-14H,2-3,6-8,10-11H2,1H3,(H2,18,22)/t13-,14+/m1/s1. The molecule has 2 aliphatic heterocycles. The summed E-state index contributed by atoms with van der Waals surface area (Å²) in [5.41, 5.74) is 5.93. The average molecular weight is 332 g/mol. The Morgan fingerprint density at radius 2 is 2.08 bits per heavy atom. The summed E-state index contributed by atoms with van der Waals surface area (Å²) >= 11 is 0. The summed E-state index contributed by atoms with van der Waals surface area (Å²) in [5.74, 6) is 0.398. The molecule has 3 heterocycles. The van der Waals surface area contributed by atoms with Gasteiger partial charge < -0.3 is 20.3 Å². The third kappa shape index (κ3) is 3.51. The molecule has 2 fully saturated rings. The van der Waals surface area contributed by atoms with Crippen LogP contribution in [0.15, 0.2) is 18.3 Å². The van der Waals surface area contributed by atoms with Crippen LogP contribution in [-0.4, -0.2) is 61.1 Å². The van der Waals surface area contributed by atoms with Crippen LogP contribution in [0.1, 0.15) is 29.6 Å². The van der Waals surface area contributed by atoms with Crippen LogP contribution in [0.4, 0.5) is 5.82 Å². The zero-order valence-corrected chi connectivity index (χ0v) is 14.0. The summed E-state index contributed by atoms with van der Waals surface area (Å²) in [5, 5.41) is 0. The lowest BCUT2D eigenvalue weighted by Gasteiger charge is -2.19. The van der Waals surface area contributed by atoms with Crippen molar-refractivity contribution in [2.24, 2.45) is 11.7 Å². The number of carbonyl (C=O) groups is 2. The maximum atomic E-state index is 12.8. The molecule has 0 radical (unpaired) electrons. The van der Waals surface area contributed by atoms with Gasteiger partial charge in [0.1, 0.15) is 5.82 Å². The highest BCUT2D eigenvalue weighted by atomic mass is 16.5. The molecule has 0 aliphatic carbocycles. The van der Waals surface area contributed by atoms with Crippen LogP contribution in [0.25, 0.3) is 0 Å². The van der Waals surface area contributed by atoms with Gasteiger partial charge in [-0.3, -0.25) is 9.59 Å². The molecule has 0 unspecified atom stereocenters. The summed E-state index contributed by atoms with van der Waals surface area (Å²) in [6.45, 7) is 2.94. The van der Waals surface area contributed by atoms with Crippen molar-refractivity contribution >= 4 is 17.6 Å². The highest BCUT2D eigenvalue weighted by molar-refractivity contribution is 5.95. The van der Waals surface area contributed by atoms with Gasteiger partial charge in [0.2, 0.25) is 5.91 Å². The van der Waals surface area contributed by atoms with E-state index in [-0.39, 0.29) is 30.3 Å². The van der Waals surface area contributed by atoms with E-state index in [2.05, 4.69) is 9.88 Å². The fraction of sp³-hybridized carbons (Fsp3) is 0.588. The number of hydrogen-bond donors (Lipinski definition) is 1. The first-order valence-corrected chi connectivity index (χ1v) is 8.40. The highest BCUT2D eigenvalue weighted by Crippen LogP contribution is 2.25. The van der Waals surface area contributed by atoms with Gasteiger partial charge in [-0.15, -0.1) is 0 Å². The quantitative estimate of drug-likeness (QED) is 0.855. The van der Waals surface area contributed by atoms with Crippen LogP contribution in [0.2, 0.25) is 0 Å². The first-order valence-electron chi connectivity index (χ1n) is 8.40. The van der Waals surface area contributed by atoms with Crippen molar-refractivity contribution in [3.8, 4) is 0 Å². The summed E-state index contributed by atoms with van der Waals surface area (Å²) in [4.78, 5) is 32.3. The van der Waals surface area contributed by atoms with Crippen LogP contribution >= 0.6 is 0 Å². The Labute approximate surface area is 141 Å². The van der Waals surface area contributed by atoms with Crippen molar-refractivity contribution in [3.63, 3.8) is 0 Å². The average Bonchev–Trinajstić information content (AvgIpc) is 3.23. The molecule has 24 heavy (non-hydrogen) atoms. The topological polar surface area (TPSA) is 88.8 Å². The van der Waals surface area contributed by atoms with Crippen molar-refractivity contribution in [2.45, 2.75) is 25.4 Å². The zero-order chi connectivity index (χ0) is 17.1. The second-order valence-electron chi connectivity index (χ2n) is 6.51. The number of nitrogens with zero attached hydrogens (tertiary/aromatic N) is 3. The van der Waals surface area contributed by atoms with Crippen molar-refractivity contribution < 1.29 is 14.3 Å². The Bertz CT molecular complexity index is 616. The minimum absolute atomic E-state index is 0.0451. The van der Waals surface area contributed by atoms with E-state index in [0.29, 0.717) is 18.7 Å². The van der Waals surface area contributed by atoms with Crippen LogP contribution in [0, 0.1) is 5.92 Å². The number of amides is 2. The minimum Gasteiger partial charge on any atom is -0.379 e. The maximum Gasteiger partial charge on any atom is 0.254 e. The van der Waals surface area contributed by atoms with E-state index < -0.39 is 0 Å². The van der Waals surface area contributed by atoms with E-state index in [1.54, 1.807) is 24.3 Å². The number of hydrogen-bond acceptors (Lipinski definition) is 5. The zero-order valence-electron chi connectivity index (χ0n) is 14.0. The molecule has 0 saturated carbocycles. The fourth-order valence-electron chi connectivity index (χ4n) is 3.58. The van der Waals surface area contributed by atoms with Crippen molar-refractivity contribution in [2.75, 3.05) is 38.2 Å². The predicted molar refractivity (Wildman–Crippen MR) is 89.7 cm³/mol. The van der Waals surface area contributed by atoms with Gasteiger partial charge in [-0.05, 0) is 25.0 Å². The van der Waals surface area contributed by atoms with Gasteiger partial charge in [0.05, 0.1) is 6.10 Å². The third-order valence-corrected chi connectivity index (χ3v) is 4.86. The Morgan fingerprint density at radius 1 is 1.33 bits per heavy atom. The molecule has 7 heteroatoms. The van der Waals surface area contributed by atoms with Gasteiger partial charge in [0, 0.05) is 57.4 Å². The van der Waals surface area contributed by atoms with E-state index in [1.165, 1.54) is 0 Å². The second-order valence-corrected chi connectivity index (χ2v) is 6.51. The molecule has 2 aliphatic rings. The Kier molecular flexibility index (Phi) is 4.99. The van der Waals surface area contributed by atoms with Gasteiger partial charge in [-0.1, -0.05) is 0 Å². The largest absolute Gasteiger partial charge is 0.379 e. The number of pyridine rings is 1. The molecule has 0 spiro atoms. The van der Waals surface area contributed by atoms with Crippen molar-refractivity contribution in [1.29, 1.82) is 0 Å². The molecule has 0 aromatic carbocycles. The maximum absolute atomic E-state index is 12.8. The number of anilines is 1. The highest BCUT2D eigenvalue weighted by Gasteiger charge is 2.36. The van der Waals surface area contributed by atoms with E-state index in [0.717, 1.165) is 31.7 Å². The number of aromatic nitrogens is 1. The van der Waals surface area contributed by atoms with Gasteiger partial charge in [-0.2, -0.15) is 0 Å².